The largest absolute Gasteiger partial charge is 0.397 e. The SMILES string of the molecule is Cc1nnc2sc(C(=O)N[C@@H]3CCN(c4ccccc4)C3)c(N)c2c1C. The number of carbonyl (C=O) groups is 1. The number of benzene rings is 1. The first kappa shape index (κ1) is 16.8. The predicted molar refractivity (Wildman–Crippen MR) is 106 cm³/mol. The average Bonchev–Trinajstić information content (AvgIpc) is 3.24. The number of nitrogens with two attached hydrogens (primary N) is 1. The summed E-state index contributed by atoms with van der Waals surface area (Å²) < 4.78 is 0. The number of aryl methyl sites for hydroxylation is 2. The van der Waals surface area contributed by atoms with E-state index in [4.69, 9.17) is 5.73 Å². The van der Waals surface area contributed by atoms with E-state index >= 15 is 0 Å². The number of anilines is 2. The van der Waals surface area contributed by atoms with E-state index in [1.54, 1.807) is 0 Å². The second kappa shape index (κ2) is 6.57. The molecule has 6 nitrogen and oxygen atoms in total. The number of carbonyl (C=O) groups excluding carboxylic acids is 1. The van der Waals surface area contributed by atoms with Gasteiger partial charge in [0.2, 0.25) is 0 Å². The minimum Gasteiger partial charge on any atom is -0.397 e. The van der Waals surface area contributed by atoms with E-state index in [1.165, 1.54) is 17.0 Å². The van der Waals surface area contributed by atoms with Gasteiger partial charge in [-0.05, 0) is 38.0 Å². The van der Waals surface area contributed by atoms with Crippen LogP contribution < -0.4 is 16.0 Å². The minimum atomic E-state index is -0.123. The van der Waals surface area contributed by atoms with Crippen LogP contribution in [0.5, 0.6) is 0 Å². The highest BCUT2D eigenvalue weighted by atomic mass is 32.1. The maximum Gasteiger partial charge on any atom is 0.263 e. The Labute approximate surface area is 156 Å². The normalized spacial score (nSPS) is 17.0. The monoisotopic (exact) mass is 367 g/mol. The second-order valence-electron chi connectivity index (χ2n) is 6.68. The summed E-state index contributed by atoms with van der Waals surface area (Å²) >= 11 is 1.31. The Bertz CT molecular complexity index is 969. The number of nitrogens with one attached hydrogen (secondary N) is 1. The van der Waals surface area contributed by atoms with Crippen molar-refractivity contribution in [3.8, 4) is 0 Å². The zero-order chi connectivity index (χ0) is 18.3. The van der Waals surface area contributed by atoms with Crippen molar-refractivity contribution in [1.29, 1.82) is 0 Å². The lowest BCUT2D eigenvalue weighted by atomic mass is 10.1. The van der Waals surface area contributed by atoms with Crippen LogP contribution >= 0.6 is 11.3 Å². The molecular formula is C19H21N5OS. The molecule has 1 aliphatic rings. The molecule has 1 aliphatic heterocycles. The number of fused-ring (bicyclic) bond motifs is 1. The van der Waals surface area contributed by atoms with Gasteiger partial charge in [0.1, 0.15) is 9.71 Å². The van der Waals surface area contributed by atoms with E-state index in [0.29, 0.717) is 15.4 Å². The van der Waals surface area contributed by atoms with Crippen LogP contribution in [0.4, 0.5) is 11.4 Å². The Morgan fingerprint density at radius 3 is 2.81 bits per heavy atom. The van der Waals surface area contributed by atoms with Crippen molar-refractivity contribution < 1.29 is 4.79 Å². The van der Waals surface area contributed by atoms with Crippen LogP contribution in [0.15, 0.2) is 30.3 Å². The van der Waals surface area contributed by atoms with Crippen molar-refractivity contribution in [3.05, 3.63) is 46.5 Å². The van der Waals surface area contributed by atoms with Gasteiger partial charge in [0, 0.05) is 30.2 Å². The van der Waals surface area contributed by atoms with E-state index in [9.17, 15) is 4.79 Å². The highest BCUT2D eigenvalue weighted by molar-refractivity contribution is 7.21. The fourth-order valence-corrected chi connectivity index (χ4v) is 4.42. The summed E-state index contributed by atoms with van der Waals surface area (Å²) in [4.78, 5) is 16.3. The number of hydrogen-bond donors (Lipinski definition) is 2. The third kappa shape index (κ3) is 2.88. The molecule has 0 spiro atoms. The highest BCUT2D eigenvalue weighted by Gasteiger charge is 2.27. The summed E-state index contributed by atoms with van der Waals surface area (Å²) in [6, 6.07) is 10.4. The topological polar surface area (TPSA) is 84.1 Å². The lowest BCUT2D eigenvalue weighted by molar-refractivity contribution is 0.0945. The number of nitrogen functional groups attached to an aromatic ring is 1. The van der Waals surface area contributed by atoms with Gasteiger partial charge >= 0.3 is 0 Å². The van der Waals surface area contributed by atoms with E-state index in [2.05, 4.69) is 32.5 Å². The third-order valence-corrected chi connectivity index (χ3v) is 6.07. The third-order valence-electron chi connectivity index (χ3n) is 4.99. The lowest BCUT2D eigenvalue weighted by Gasteiger charge is -2.18. The van der Waals surface area contributed by atoms with Gasteiger partial charge in [0.25, 0.3) is 5.91 Å². The van der Waals surface area contributed by atoms with Crippen LogP contribution in [0, 0.1) is 13.8 Å². The molecule has 0 saturated carbocycles. The summed E-state index contributed by atoms with van der Waals surface area (Å²) in [5, 5.41) is 12.3. The van der Waals surface area contributed by atoms with Crippen LogP contribution in [0.25, 0.3) is 10.2 Å². The van der Waals surface area contributed by atoms with E-state index in [-0.39, 0.29) is 11.9 Å². The summed E-state index contributed by atoms with van der Waals surface area (Å²) in [6.07, 6.45) is 0.920. The zero-order valence-electron chi connectivity index (χ0n) is 14.8. The molecule has 3 aromatic rings. The Kier molecular flexibility index (Phi) is 4.24. The molecule has 7 heteroatoms. The van der Waals surface area contributed by atoms with Gasteiger partial charge in [-0.3, -0.25) is 4.79 Å². The van der Waals surface area contributed by atoms with Crippen molar-refractivity contribution in [3.63, 3.8) is 0 Å². The van der Waals surface area contributed by atoms with Crippen LogP contribution in [-0.2, 0) is 0 Å². The highest BCUT2D eigenvalue weighted by Crippen LogP contribution is 2.35. The van der Waals surface area contributed by atoms with Crippen molar-refractivity contribution in [1.82, 2.24) is 15.5 Å². The van der Waals surface area contributed by atoms with Crippen molar-refractivity contribution in [2.75, 3.05) is 23.7 Å². The summed E-state index contributed by atoms with van der Waals surface area (Å²) in [6.45, 7) is 5.60. The first-order valence-corrected chi connectivity index (χ1v) is 9.49. The Morgan fingerprint density at radius 2 is 2.04 bits per heavy atom. The number of aromatic nitrogens is 2. The minimum absolute atomic E-state index is 0.112. The molecule has 0 unspecified atom stereocenters. The van der Waals surface area contributed by atoms with Crippen LogP contribution in [0.1, 0.15) is 27.3 Å². The zero-order valence-corrected chi connectivity index (χ0v) is 15.6. The summed E-state index contributed by atoms with van der Waals surface area (Å²) in [5.41, 5.74) is 9.79. The summed E-state index contributed by atoms with van der Waals surface area (Å²) in [5.74, 6) is -0.123. The number of hydrogen-bond acceptors (Lipinski definition) is 6. The number of rotatable bonds is 3. The van der Waals surface area contributed by atoms with Crippen molar-refractivity contribution >= 4 is 38.8 Å². The first-order chi connectivity index (χ1) is 12.5. The van der Waals surface area contributed by atoms with Gasteiger partial charge < -0.3 is 16.0 Å². The van der Waals surface area contributed by atoms with Crippen molar-refractivity contribution in [2.45, 2.75) is 26.3 Å². The van der Waals surface area contributed by atoms with Gasteiger partial charge in [-0.2, -0.15) is 5.10 Å². The number of amides is 1. The van der Waals surface area contributed by atoms with Crippen LogP contribution in [0.3, 0.4) is 0 Å². The van der Waals surface area contributed by atoms with Crippen molar-refractivity contribution in [2.24, 2.45) is 0 Å². The van der Waals surface area contributed by atoms with E-state index in [0.717, 1.165) is 36.2 Å². The Balaban J connectivity index is 1.52. The molecule has 26 heavy (non-hydrogen) atoms. The molecular weight excluding hydrogens is 346 g/mol. The van der Waals surface area contributed by atoms with Gasteiger partial charge in [-0.25, -0.2) is 0 Å². The molecule has 1 saturated heterocycles. The van der Waals surface area contributed by atoms with Gasteiger partial charge in [-0.15, -0.1) is 16.4 Å². The molecule has 4 rings (SSSR count). The van der Waals surface area contributed by atoms with Gasteiger partial charge in [-0.1, -0.05) is 18.2 Å². The maximum absolute atomic E-state index is 12.8. The van der Waals surface area contributed by atoms with Gasteiger partial charge in [0.15, 0.2) is 0 Å². The van der Waals surface area contributed by atoms with Crippen LogP contribution in [0.2, 0.25) is 0 Å². The Morgan fingerprint density at radius 1 is 1.27 bits per heavy atom. The fourth-order valence-electron chi connectivity index (χ4n) is 3.41. The predicted octanol–water partition coefficient (Wildman–Crippen LogP) is 2.90. The molecule has 0 bridgehead atoms. The standard InChI is InChI=1S/C19H21N5OS/c1-11-12(2)22-23-19-15(11)16(20)17(26-19)18(25)21-13-8-9-24(10-13)14-6-4-3-5-7-14/h3-7,13H,8-10,20H2,1-2H3,(H,21,25)/t13-/m1/s1. The smallest absolute Gasteiger partial charge is 0.263 e. The molecule has 3 N–H and O–H groups in total. The molecule has 3 heterocycles. The molecule has 134 valence electrons. The lowest BCUT2D eigenvalue weighted by Crippen LogP contribution is -2.37. The second-order valence-corrected chi connectivity index (χ2v) is 7.68. The Hall–Kier alpha value is -2.67. The van der Waals surface area contributed by atoms with E-state index < -0.39 is 0 Å². The molecule has 1 amide bonds. The number of para-hydroxylation sites is 1. The maximum atomic E-state index is 12.8. The van der Waals surface area contributed by atoms with Gasteiger partial charge in [0.05, 0.1) is 11.4 Å². The molecule has 1 atom stereocenters. The number of nitrogens with zero attached hydrogens (tertiary/aromatic N) is 3. The van der Waals surface area contributed by atoms with Crippen LogP contribution in [-0.4, -0.2) is 35.2 Å². The molecule has 0 aliphatic carbocycles. The average molecular weight is 367 g/mol. The molecule has 1 aromatic carbocycles. The number of thiophene rings is 1. The molecule has 2 aromatic heterocycles. The molecule has 1 fully saturated rings. The quantitative estimate of drug-likeness (QED) is 0.744. The summed E-state index contributed by atoms with van der Waals surface area (Å²) in [7, 11) is 0. The van der Waals surface area contributed by atoms with E-state index in [1.807, 2.05) is 32.0 Å². The first-order valence-electron chi connectivity index (χ1n) is 8.67. The fraction of sp³-hybridized carbons (Fsp3) is 0.316. The molecule has 0 radical (unpaired) electrons.